The van der Waals surface area contributed by atoms with Crippen molar-refractivity contribution in [3.8, 4) is 0 Å². The number of carbonyl (C=O) groups excluding carboxylic acids is 2. The molecule has 1 amide bonds. The second-order valence-corrected chi connectivity index (χ2v) is 23.5. The van der Waals surface area contributed by atoms with Crippen LogP contribution in [0.25, 0.3) is 0 Å². The Morgan fingerprint density at radius 2 is 0.627 bits per heavy atom. The van der Waals surface area contributed by atoms with Gasteiger partial charge in [0, 0.05) is 12.8 Å². The molecule has 0 aliphatic carbocycles. The number of amides is 1. The van der Waals surface area contributed by atoms with Crippen molar-refractivity contribution in [2.75, 3.05) is 13.2 Å². The molecule has 0 heterocycles. The molecule has 444 valence electrons. The number of hydrogen-bond donors (Lipinski definition) is 3. The van der Waals surface area contributed by atoms with Gasteiger partial charge < -0.3 is 20.3 Å². The SMILES string of the molecule is CCCCCCCCCCCCCCCCC/C=C/C(O)C(CO)NC(=O)CCCCCCCCCCC/C=C\CCCCCCCCCCCCCCOC(=O)CCCCCCCCCCCCCCCCCC. The maximum Gasteiger partial charge on any atom is 0.305 e. The van der Waals surface area contributed by atoms with Crippen LogP contribution in [0.1, 0.15) is 380 Å². The van der Waals surface area contributed by atoms with E-state index in [2.05, 4.69) is 31.3 Å². The summed E-state index contributed by atoms with van der Waals surface area (Å²) in [5, 5.41) is 23.2. The Kier molecular flexibility index (Phi) is 63.4. The van der Waals surface area contributed by atoms with Gasteiger partial charge in [0.1, 0.15) is 0 Å². The molecule has 0 aliphatic rings. The maximum absolute atomic E-state index is 12.5. The average Bonchev–Trinajstić information content (AvgIpc) is 3.41. The summed E-state index contributed by atoms with van der Waals surface area (Å²) < 4.78 is 5.50. The Bertz CT molecular complexity index is 1170. The lowest BCUT2D eigenvalue weighted by Gasteiger charge is -2.20. The quantitative estimate of drug-likeness (QED) is 0.0320. The number of unbranched alkanes of at least 4 members (excludes halogenated alkanes) is 51. The monoisotopic (exact) mass is 1060 g/mol. The van der Waals surface area contributed by atoms with Crippen LogP contribution in [0.15, 0.2) is 24.3 Å². The van der Waals surface area contributed by atoms with E-state index >= 15 is 0 Å². The molecule has 6 heteroatoms. The van der Waals surface area contributed by atoms with Gasteiger partial charge in [0.05, 0.1) is 25.4 Å². The van der Waals surface area contributed by atoms with Gasteiger partial charge in [-0.05, 0) is 57.8 Å². The lowest BCUT2D eigenvalue weighted by atomic mass is 10.0. The van der Waals surface area contributed by atoms with E-state index in [0.29, 0.717) is 19.4 Å². The molecule has 0 aliphatic heterocycles. The van der Waals surface area contributed by atoms with Crippen LogP contribution in [0.2, 0.25) is 0 Å². The molecule has 2 unspecified atom stereocenters. The van der Waals surface area contributed by atoms with E-state index in [1.165, 1.54) is 315 Å². The number of esters is 1. The Hall–Kier alpha value is -1.66. The molecule has 0 spiro atoms. The van der Waals surface area contributed by atoms with E-state index in [9.17, 15) is 19.8 Å². The van der Waals surface area contributed by atoms with Crippen LogP contribution in [0.5, 0.6) is 0 Å². The van der Waals surface area contributed by atoms with Crippen molar-refractivity contribution < 1.29 is 24.5 Å². The number of nitrogens with one attached hydrogen (secondary N) is 1. The average molecular weight is 1060 g/mol. The molecule has 0 aromatic heterocycles. The molecule has 6 nitrogen and oxygen atoms in total. The summed E-state index contributed by atoms with van der Waals surface area (Å²) in [4.78, 5) is 24.6. The van der Waals surface area contributed by atoms with Crippen molar-refractivity contribution in [2.45, 2.75) is 392 Å². The first-order chi connectivity index (χ1) is 37.0. The van der Waals surface area contributed by atoms with E-state index < -0.39 is 12.1 Å². The third-order valence-electron chi connectivity index (χ3n) is 16.0. The molecule has 0 aromatic carbocycles. The van der Waals surface area contributed by atoms with Gasteiger partial charge in [0.15, 0.2) is 0 Å². The first-order valence-corrected chi connectivity index (χ1v) is 34.1. The summed E-state index contributed by atoms with van der Waals surface area (Å²) in [6, 6.07) is -0.630. The van der Waals surface area contributed by atoms with Crippen molar-refractivity contribution in [1.29, 1.82) is 0 Å². The molecule has 0 rings (SSSR count). The van der Waals surface area contributed by atoms with Gasteiger partial charge in [-0.3, -0.25) is 9.59 Å². The van der Waals surface area contributed by atoms with Gasteiger partial charge in [-0.2, -0.15) is 0 Å². The first kappa shape index (κ1) is 73.3. The highest BCUT2D eigenvalue weighted by Crippen LogP contribution is 2.18. The fraction of sp³-hybridized carbons (Fsp3) is 0.913. The van der Waals surface area contributed by atoms with E-state index in [0.717, 1.165) is 38.5 Å². The number of aliphatic hydroxyl groups is 2. The molecule has 0 fully saturated rings. The largest absolute Gasteiger partial charge is 0.466 e. The topological polar surface area (TPSA) is 95.9 Å². The lowest BCUT2D eigenvalue weighted by Crippen LogP contribution is -2.45. The minimum absolute atomic E-state index is 0.0171. The van der Waals surface area contributed by atoms with E-state index in [1.807, 2.05) is 6.08 Å². The number of rotatable bonds is 64. The van der Waals surface area contributed by atoms with E-state index in [1.54, 1.807) is 6.08 Å². The van der Waals surface area contributed by atoms with Crippen LogP contribution >= 0.6 is 0 Å². The Morgan fingerprint density at radius 1 is 0.360 bits per heavy atom. The van der Waals surface area contributed by atoms with Crippen molar-refractivity contribution in [3.05, 3.63) is 24.3 Å². The summed E-state index contributed by atoms with van der Waals surface area (Å²) in [6.45, 7) is 4.94. The minimum atomic E-state index is -0.846. The number of ether oxygens (including phenoxy) is 1. The number of hydrogen-bond acceptors (Lipinski definition) is 5. The summed E-state index contributed by atoms with van der Waals surface area (Å²) in [5.74, 6) is -0.0511. The molecule has 75 heavy (non-hydrogen) atoms. The molecule has 0 saturated heterocycles. The molecule has 3 N–H and O–H groups in total. The van der Waals surface area contributed by atoms with Gasteiger partial charge in [-0.15, -0.1) is 0 Å². The van der Waals surface area contributed by atoms with Crippen molar-refractivity contribution in [2.24, 2.45) is 0 Å². The molecule has 0 saturated carbocycles. The zero-order valence-electron chi connectivity index (χ0n) is 50.8. The first-order valence-electron chi connectivity index (χ1n) is 34.1. The molecule has 0 bridgehead atoms. The fourth-order valence-electron chi connectivity index (χ4n) is 10.7. The van der Waals surface area contributed by atoms with Crippen LogP contribution in [-0.2, 0) is 14.3 Å². The van der Waals surface area contributed by atoms with Crippen LogP contribution in [-0.4, -0.2) is 47.4 Å². The fourth-order valence-corrected chi connectivity index (χ4v) is 10.7. The third-order valence-corrected chi connectivity index (χ3v) is 16.0. The van der Waals surface area contributed by atoms with Crippen molar-refractivity contribution in [1.82, 2.24) is 5.32 Å². The number of aliphatic hydroxyl groups excluding tert-OH is 2. The third kappa shape index (κ3) is 61.4. The zero-order chi connectivity index (χ0) is 54.3. The summed E-state index contributed by atoms with van der Waals surface area (Å²) in [6.07, 6.45) is 81.0. The normalized spacial score (nSPS) is 12.6. The molecular formula is C69H133NO5. The van der Waals surface area contributed by atoms with E-state index in [-0.39, 0.29) is 18.5 Å². The molecular weight excluding hydrogens is 923 g/mol. The summed E-state index contributed by atoms with van der Waals surface area (Å²) in [5.41, 5.74) is 0. The maximum atomic E-state index is 12.5. The highest BCUT2D eigenvalue weighted by atomic mass is 16.5. The Balaban J connectivity index is 3.40. The predicted molar refractivity (Wildman–Crippen MR) is 329 cm³/mol. The molecule has 0 aromatic rings. The van der Waals surface area contributed by atoms with Gasteiger partial charge in [-0.25, -0.2) is 0 Å². The van der Waals surface area contributed by atoms with Crippen LogP contribution in [0.3, 0.4) is 0 Å². The van der Waals surface area contributed by atoms with Crippen LogP contribution < -0.4 is 5.32 Å². The van der Waals surface area contributed by atoms with Gasteiger partial charge >= 0.3 is 5.97 Å². The van der Waals surface area contributed by atoms with Crippen LogP contribution in [0.4, 0.5) is 0 Å². The Labute approximate surface area is 469 Å². The second-order valence-electron chi connectivity index (χ2n) is 23.5. The smallest absolute Gasteiger partial charge is 0.305 e. The van der Waals surface area contributed by atoms with Gasteiger partial charge in [0.2, 0.25) is 5.91 Å². The summed E-state index contributed by atoms with van der Waals surface area (Å²) >= 11 is 0. The molecule has 2 atom stereocenters. The van der Waals surface area contributed by atoms with Crippen molar-refractivity contribution in [3.63, 3.8) is 0 Å². The number of carbonyl (C=O) groups is 2. The highest BCUT2D eigenvalue weighted by Gasteiger charge is 2.18. The number of allylic oxidation sites excluding steroid dienone is 3. The predicted octanol–water partition coefficient (Wildman–Crippen LogP) is 21.8. The standard InChI is InChI=1S/C69H133NO5/c1-3-5-7-9-11-13-15-17-19-30-33-37-41-45-49-53-57-61-67(72)66(65-71)70-68(73)62-58-54-50-46-42-38-34-31-28-26-24-22-21-23-25-27-29-32-36-40-44-48-52-56-60-64-75-69(74)63-59-55-51-47-43-39-35-20-18-16-14-12-10-8-6-4-2/h22,24,57,61,66-67,71-72H,3-21,23,25-56,58-60,62-65H2,1-2H3,(H,70,73)/b24-22-,61-57+. The zero-order valence-corrected chi connectivity index (χ0v) is 50.8. The van der Waals surface area contributed by atoms with Gasteiger partial charge in [-0.1, -0.05) is 334 Å². The molecule has 0 radical (unpaired) electrons. The van der Waals surface area contributed by atoms with E-state index in [4.69, 9.17) is 4.74 Å². The minimum Gasteiger partial charge on any atom is -0.466 e. The summed E-state index contributed by atoms with van der Waals surface area (Å²) in [7, 11) is 0. The lowest BCUT2D eigenvalue weighted by molar-refractivity contribution is -0.143. The van der Waals surface area contributed by atoms with Crippen LogP contribution in [0, 0.1) is 0 Å². The van der Waals surface area contributed by atoms with Crippen molar-refractivity contribution >= 4 is 11.9 Å². The van der Waals surface area contributed by atoms with Gasteiger partial charge in [0.25, 0.3) is 0 Å². The highest BCUT2D eigenvalue weighted by molar-refractivity contribution is 5.76. The second kappa shape index (κ2) is 64.9. The Morgan fingerprint density at radius 3 is 0.947 bits per heavy atom.